The number of carbonyl (C=O) groups excluding carboxylic acids is 1. The van der Waals surface area contributed by atoms with Gasteiger partial charge in [0.05, 0.1) is 14.2 Å². The molecule has 0 unspecified atom stereocenters. The molecule has 3 rings (SSSR count). The number of methoxy groups -OCH3 is 2. The van der Waals surface area contributed by atoms with Crippen LogP contribution in [-0.2, 0) is 4.74 Å². The zero-order valence-electron chi connectivity index (χ0n) is 12.1. The lowest BCUT2D eigenvalue weighted by Crippen LogP contribution is -2.10. The van der Waals surface area contributed by atoms with Crippen molar-refractivity contribution in [3.8, 4) is 11.5 Å². The second-order valence-electron chi connectivity index (χ2n) is 4.70. The first-order valence-electron chi connectivity index (χ1n) is 6.62. The summed E-state index contributed by atoms with van der Waals surface area (Å²) < 4.78 is 15.9. The van der Waals surface area contributed by atoms with Gasteiger partial charge in [0.25, 0.3) is 0 Å². The molecular formula is C16H14ClNO4. The van der Waals surface area contributed by atoms with E-state index in [9.17, 15) is 4.79 Å². The molecule has 1 N–H and O–H groups in total. The number of cyclic esters (lactones) is 1. The first kappa shape index (κ1) is 14.5. The number of carbonyl (C=O) groups is 1. The lowest BCUT2D eigenvalue weighted by atomic mass is 10.1. The highest BCUT2D eigenvalue weighted by Crippen LogP contribution is 2.42. The quantitative estimate of drug-likeness (QED) is 0.872. The van der Waals surface area contributed by atoms with Crippen LogP contribution >= 0.6 is 11.6 Å². The molecule has 1 atom stereocenters. The molecule has 0 saturated heterocycles. The molecule has 1 heterocycles. The summed E-state index contributed by atoms with van der Waals surface area (Å²) in [7, 11) is 3.01. The molecule has 0 bridgehead atoms. The molecule has 114 valence electrons. The number of halogens is 1. The Hall–Kier alpha value is -2.40. The van der Waals surface area contributed by atoms with E-state index in [0.717, 1.165) is 5.69 Å². The third-order valence-corrected chi connectivity index (χ3v) is 3.68. The van der Waals surface area contributed by atoms with Gasteiger partial charge in [0.1, 0.15) is 5.56 Å². The topological polar surface area (TPSA) is 56.8 Å². The van der Waals surface area contributed by atoms with Gasteiger partial charge in [-0.25, -0.2) is 4.79 Å². The van der Waals surface area contributed by atoms with Crippen molar-refractivity contribution in [1.82, 2.24) is 0 Å². The fraction of sp³-hybridized carbons (Fsp3) is 0.188. The SMILES string of the molecule is COc1ccc2c(c1OC)C(=O)O[C@@H]2Nc1ccc(Cl)cc1. The Morgan fingerprint density at radius 2 is 1.82 bits per heavy atom. The molecule has 0 spiro atoms. The van der Waals surface area contributed by atoms with E-state index < -0.39 is 12.2 Å². The Bertz CT molecular complexity index is 715. The number of fused-ring (bicyclic) bond motifs is 1. The molecule has 2 aromatic carbocycles. The van der Waals surface area contributed by atoms with E-state index in [-0.39, 0.29) is 0 Å². The van der Waals surface area contributed by atoms with Crippen LogP contribution in [0.25, 0.3) is 0 Å². The Morgan fingerprint density at radius 1 is 1.09 bits per heavy atom. The third-order valence-electron chi connectivity index (χ3n) is 3.43. The Balaban J connectivity index is 1.96. The smallest absolute Gasteiger partial charge is 0.344 e. The van der Waals surface area contributed by atoms with Crippen LogP contribution in [0.15, 0.2) is 36.4 Å². The number of esters is 1. The van der Waals surface area contributed by atoms with Gasteiger partial charge in [-0.15, -0.1) is 0 Å². The average Bonchev–Trinajstić information content (AvgIpc) is 2.85. The minimum absolute atomic E-state index is 0.380. The van der Waals surface area contributed by atoms with Gasteiger partial charge in [0.15, 0.2) is 11.5 Å². The van der Waals surface area contributed by atoms with Gasteiger partial charge in [-0.1, -0.05) is 11.6 Å². The van der Waals surface area contributed by atoms with Crippen molar-refractivity contribution in [2.45, 2.75) is 6.23 Å². The van der Waals surface area contributed by atoms with Crippen molar-refractivity contribution in [2.24, 2.45) is 0 Å². The average molecular weight is 320 g/mol. The van der Waals surface area contributed by atoms with E-state index in [1.165, 1.54) is 14.2 Å². The lowest BCUT2D eigenvalue weighted by Gasteiger charge is -2.15. The van der Waals surface area contributed by atoms with Crippen molar-refractivity contribution in [3.05, 3.63) is 52.5 Å². The van der Waals surface area contributed by atoms with Crippen LogP contribution in [0, 0.1) is 0 Å². The fourth-order valence-corrected chi connectivity index (χ4v) is 2.53. The van der Waals surface area contributed by atoms with E-state index in [2.05, 4.69) is 5.32 Å². The monoisotopic (exact) mass is 319 g/mol. The maximum absolute atomic E-state index is 12.1. The lowest BCUT2D eigenvalue weighted by molar-refractivity contribution is 0.0435. The normalized spacial score (nSPS) is 16.0. The van der Waals surface area contributed by atoms with Gasteiger partial charge >= 0.3 is 5.97 Å². The number of anilines is 1. The van der Waals surface area contributed by atoms with Gasteiger partial charge < -0.3 is 19.5 Å². The van der Waals surface area contributed by atoms with Crippen LogP contribution in [-0.4, -0.2) is 20.2 Å². The molecule has 0 aliphatic carbocycles. The highest BCUT2D eigenvalue weighted by Gasteiger charge is 2.35. The fourth-order valence-electron chi connectivity index (χ4n) is 2.41. The van der Waals surface area contributed by atoms with E-state index in [0.29, 0.717) is 27.6 Å². The number of hydrogen-bond donors (Lipinski definition) is 1. The summed E-state index contributed by atoms with van der Waals surface area (Å²) in [6, 6.07) is 10.7. The van der Waals surface area contributed by atoms with E-state index in [1.807, 2.05) is 12.1 Å². The molecule has 0 amide bonds. The zero-order chi connectivity index (χ0) is 15.7. The van der Waals surface area contributed by atoms with Crippen LogP contribution in [0.3, 0.4) is 0 Å². The highest BCUT2D eigenvalue weighted by molar-refractivity contribution is 6.30. The molecule has 2 aromatic rings. The molecule has 0 fully saturated rings. The Morgan fingerprint density at radius 3 is 2.45 bits per heavy atom. The maximum atomic E-state index is 12.1. The number of rotatable bonds is 4. The molecule has 1 aliphatic rings. The molecule has 0 radical (unpaired) electrons. The summed E-state index contributed by atoms with van der Waals surface area (Å²) in [6.45, 7) is 0. The Labute approximate surface area is 132 Å². The molecule has 5 nitrogen and oxygen atoms in total. The van der Waals surface area contributed by atoms with Gasteiger partial charge in [-0.3, -0.25) is 0 Å². The number of nitrogens with one attached hydrogen (secondary N) is 1. The first-order chi connectivity index (χ1) is 10.6. The second-order valence-corrected chi connectivity index (χ2v) is 5.14. The van der Waals surface area contributed by atoms with E-state index in [4.69, 9.17) is 25.8 Å². The van der Waals surface area contributed by atoms with Gasteiger partial charge in [-0.2, -0.15) is 0 Å². The maximum Gasteiger partial charge on any atom is 0.344 e. The molecule has 1 aliphatic heterocycles. The van der Waals surface area contributed by atoms with Crippen molar-refractivity contribution < 1.29 is 19.0 Å². The van der Waals surface area contributed by atoms with Crippen LogP contribution < -0.4 is 14.8 Å². The standard InChI is InChI=1S/C16H14ClNO4/c1-20-12-8-7-11-13(14(12)21-2)16(19)22-15(11)18-10-5-3-9(17)4-6-10/h3-8,15,18H,1-2H3/t15-/m0/s1. The summed E-state index contributed by atoms with van der Waals surface area (Å²) in [6.07, 6.45) is -0.580. The minimum atomic E-state index is -0.580. The highest BCUT2D eigenvalue weighted by atomic mass is 35.5. The molecule has 0 aromatic heterocycles. The third kappa shape index (κ3) is 2.44. The van der Waals surface area contributed by atoms with Crippen molar-refractivity contribution >= 4 is 23.3 Å². The molecule has 6 heteroatoms. The van der Waals surface area contributed by atoms with E-state index in [1.54, 1.807) is 24.3 Å². The molecule has 22 heavy (non-hydrogen) atoms. The van der Waals surface area contributed by atoms with Gasteiger partial charge in [0, 0.05) is 16.3 Å². The summed E-state index contributed by atoms with van der Waals surface area (Å²) in [5.41, 5.74) is 1.88. The first-order valence-corrected chi connectivity index (χ1v) is 7.00. The summed E-state index contributed by atoms with van der Waals surface area (Å²) in [5, 5.41) is 3.79. The van der Waals surface area contributed by atoms with Crippen LogP contribution in [0.5, 0.6) is 11.5 Å². The summed E-state index contributed by atoms with van der Waals surface area (Å²) in [4.78, 5) is 12.1. The number of ether oxygens (including phenoxy) is 3. The number of hydrogen-bond acceptors (Lipinski definition) is 5. The predicted octanol–water partition coefficient (Wildman–Crippen LogP) is 3.64. The Kier molecular flexibility index (Phi) is 3.81. The van der Waals surface area contributed by atoms with Gasteiger partial charge in [-0.05, 0) is 36.4 Å². The predicted molar refractivity (Wildman–Crippen MR) is 82.8 cm³/mol. The molecular weight excluding hydrogens is 306 g/mol. The van der Waals surface area contributed by atoms with Gasteiger partial charge in [0.2, 0.25) is 6.23 Å². The van der Waals surface area contributed by atoms with Crippen LogP contribution in [0.1, 0.15) is 22.1 Å². The van der Waals surface area contributed by atoms with Crippen molar-refractivity contribution in [2.75, 3.05) is 19.5 Å². The van der Waals surface area contributed by atoms with Crippen molar-refractivity contribution in [3.63, 3.8) is 0 Å². The zero-order valence-corrected chi connectivity index (χ0v) is 12.8. The second kappa shape index (κ2) is 5.77. The number of benzene rings is 2. The van der Waals surface area contributed by atoms with Crippen molar-refractivity contribution in [1.29, 1.82) is 0 Å². The summed E-state index contributed by atoms with van der Waals surface area (Å²) >= 11 is 5.86. The van der Waals surface area contributed by atoms with Crippen LogP contribution in [0.2, 0.25) is 5.02 Å². The largest absolute Gasteiger partial charge is 0.493 e. The summed E-state index contributed by atoms with van der Waals surface area (Å²) in [5.74, 6) is 0.424. The molecule has 0 saturated carbocycles. The van der Waals surface area contributed by atoms with Crippen LogP contribution in [0.4, 0.5) is 5.69 Å². The minimum Gasteiger partial charge on any atom is -0.493 e. The van der Waals surface area contributed by atoms with E-state index >= 15 is 0 Å².